The van der Waals surface area contributed by atoms with Gasteiger partial charge < -0.3 is 14.2 Å². The number of halogens is 1. The second-order valence-electron chi connectivity index (χ2n) is 3.98. The summed E-state index contributed by atoms with van der Waals surface area (Å²) in [4.78, 5) is 0. The van der Waals surface area contributed by atoms with Crippen LogP contribution in [0.3, 0.4) is 0 Å². The normalized spacial score (nSPS) is 12.4. The van der Waals surface area contributed by atoms with E-state index in [0.717, 1.165) is 0 Å². The van der Waals surface area contributed by atoms with Crippen LogP contribution in [0.15, 0.2) is 18.2 Å². The second kappa shape index (κ2) is 8.82. The van der Waals surface area contributed by atoms with Crippen molar-refractivity contribution >= 4 is 0 Å². The number of benzene rings is 1. The first kappa shape index (κ1) is 15.8. The van der Waals surface area contributed by atoms with Gasteiger partial charge in [-0.05, 0) is 12.5 Å². The molecule has 0 saturated carbocycles. The average molecular weight is 272 g/mol. The lowest BCUT2D eigenvalue weighted by molar-refractivity contribution is 0.0656. The number of hydrogen-bond donors (Lipinski definition) is 2. The van der Waals surface area contributed by atoms with Crippen molar-refractivity contribution < 1.29 is 18.6 Å². The highest BCUT2D eigenvalue weighted by Gasteiger charge is 2.17. The molecule has 0 heterocycles. The zero-order valence-electron chi connectivity index (χ0n) is 11.3. The highest BCUT2D eigenvalue weighted by molar-refractivity contribution is 5.32. The fourth-order valence-electron chi connectivity index (χ4n) is 1.73. The molecule has 0 aliphatic carbocycles. The molecule has 0 amide bonds. The van der Waals surface area contributed by atoms with E-state index in [1.54, 1.807) is 25.3 Å². The maximum absolute atomic E-state index is 14.1. The monoisotopic (exact) mass is 272 g/mol. The van der Waals surface area contributed by atoms with Gasteiger partial charge in [0.1, 0.15) is 0 Å². The molecule has 0 bridgehead atoms. The molecule has 6 heteroatoms. The Balaban J connectivity index is 2.59. The quantitative estimate of drug-likeness (QED) is 0.404. The lowest BCUT2D eigenvalue weighted by atomic mass is 10.0. The van der Waals surface area contributed by atoms with E-state index in [4.69, 9.17) is 20.1 Å². The largest absolute Gasteiger partial charge is 0.494 e. The molecule has 0 aliphatic rings. The average Bonchev–Trinajstić information content (AvgIpc) is 2.44. The first-order chi connectivity index (χ1) is 9.24. The molecule has 1 aromatic carbocycles. The molecule has 108 valence electrons. The van der Waals surface area contributed by atoms with Crippen LogP contribution in [0.4, 0.5) is 4.39 Å². The van der Waals surface area contributed by atoms with Gasteiger partial charge in [-0.15, -0.1) is 0 Å². The van der Waals surface area contributed by atoms with E-state index < -0.39 is 5.82 Å². The summed E-state index contributed by atoms with van der Waals surface area (Å²) in [7, 11) is 3.04. The van der Waals surface area contributed by atoms with E-state index >= 15 is 0 Å². The Morgan fingerprint density at radius 3 is 2.68 bits per heavy atom. The number of hydrazine groups is 1. The summed E-state index contributed by atoms with van der Waals surface area (Å²) in [6.07, 6.45) is 0.560. The molecular formula is C13H21FN2O3. The first-order valence-corrected chi connectivity index (χ1v) is 6.09. The molecule has 1 rings (SSSR count). The highest BCUT2D eigenvalue weighted by atomic mass is 19.1. The molecule has 0 aromatic heterocycles. The molecule has 0 radical (unpaired) electrons. The van der Waals surface area contributed by atoms with Gasteiger partial charge in [-0.3, -0.25) is 11.3 Å². The molecule has 5 nitrogen and oxygen atoms in total. The smallest absolute Gasteiger partial charge is 0.169 e. The summed E-state index contributed by atoms with van der Waals surface area (Å²) < 4.78 is 29.2. The van der Waals surface area contributed by atoms with Crippen LogP contribution in [0.5, 0.6) is 5.75 Å². The highest BCUT2D eigenvalue weighted by Crippen LogP contribution is 2.26. The predicted molar refractivity (Wildman–Crippen MR) is 70.3 cm³/mol. The van der Waals surface area contributed by atoms with Crippen LogP contribution in [0.25, 0.3) is 0 Å². The van der Waals surface area contributed by atoms with Gasteiger partial charge in [0, 0.05) is 19.3 Å². The summed E-state index contributed by atoms with van der Waals surface area (Å²) in [5.41, 5.74) is 3.06. The second-order valence-corrected chi connectivity index (χ2v) is 3.98. The summed E-state index contributed by atoms with van der Waals surface area (Å²) in [5.74, 6) is 5.28. The Labute approximate surface area is 112 Å². The van der Waals surface area contributed by atoms with Crippen molar-refractivity contribution in [2.24, 2.45) is 5.84 Å². The van der Waals surface area contributed by atoms with Crippen molar-refractivity contribution in [2.75, 3.05) is 34.0 Å². The molecule has 0 fully saturated rings. The van der Waals surface area contributed by atoms with Gasteiger partial charge in [-0.25, -0.2) is 4.39 Å². The standard InChI is InChI=1S/C13H21FN2O3/c1-17-8-9-19-7-6-11(16-15)10-4-3-5-12(18-2)13(10)14/h3-5,11,16H,6-9,15H2,1-2H3. The van der Waals surface area contributed by atoms with E-state index in [9.17, 15) is 4.39 Å². The minimum Gasteiger partial charge on any atom is -0.494 e. The summed E-state index contributed by atoms with van der Waals surface area (Å²) in [5, 5.41) is 0. The summed E-state index contributed by atoms with van der Waals surface area (Å²) in [6, 6.07) is 4.66. The molecule has 0 saturated heterocycles. The first-order valence-electron chi connectivity index (χ1n) is 6.09. The van der Waals surface area contributed by atoms with Gasteiger partial charge in [0.05, 0.1) is 26.4 Å². The zero-order valence-corrected chi connectivity index (χ0v) is 11.3. The number of nitrogens with one attached hydrogen (secondary N) is 1. The van der Waals surface area contributed by atoms with Crippen LogP contribution in [0, 0.1) is 5.82 Å². The minimum absolute atomic E-state index is 0.207. The molecule has 19 heavy (non-hydrogen) atoms. The number of methoxy groups -OCH3 is 2. The van der Waals surface area contributed by atoms with Crippen LogP contribution in [0.1, 0.15) is 18.0 Å². The predicted octanol–water partition coefficient (Wildman–Crippen LogP) is 1.39. The van der Waals surface area contributed by atoms with E-state index in [1.807, 2.05) is 0 Å². The van der Waals surface area contributed by atoms with Gasteiger partial charge in [-0.2, -0.15) is 0 Å². The van der Waals surface area contributed by atoms with Crippen molar-refractivity contribution in [3.05, 3.63) is 29.6 Å². The van der Waals surface area contributed by atoms with E-state index in [1.165, 1.54) is 7.11 Å². The van der Waals surface area contributed by atoms with Crippen LogP contribution < -0.4 is 16.0 Å². The third kappa shape index (κ3) is 4.76. The van der Waals surface area contributed by atoms with E-state index in [-0.39, 0.29) is 11.8 Å². The van der Waals surface area contributed by atoms with Gasteiger partial charge in [0.2, 0.25) is 0 Å². The maximum atomic E-state index is 14.1. The van der Waals surface area contributed by atoms with Gasteiger partial charge in [0.25, 0.3) is 0 Å². The molecule has 3 N–H and O–H groups in total. The summed E-state index contributed by atoms with van der Waals surface area (Å²) in [6.45, 7) is 1.51. The van der Waals surface area contributed by atoms with Crippen molar-refractivity contribution in [2.45, 2.75) is 12.5 Å². The Morgan fingerprint density at radius 1 is 1.26 bits per heavy atom. The van der Waals surface area contributed by atoms with Crippen molar-refractivity contribution in [1.82, 2.24) is 5.43 Å². The van der Waals surface area contributed by atoms with Gasteiger partial charge in [-0.1, -0.05) is 12.1 Å². The van der Waals surface area contributed by atoms with Gasteiger partial charge in [0.15, 0.2) is 11.6 Å². The molecule has 1 aromatic rings. The van der Waals surface area contributed by atoms with Crippen molar-refractivity contribution in [3.63, 3.8) is 0 Å². The minimum atomic E-state index is -0.398. The number of rotatable bonds is 9. The molecular weight excluding hydrogens is 251 g/mol. The lowest BCUT2D eigenvalue weighted by Gasteiger charge is -2.18. The van der Waals surface area contributed by atoms with Crippen LogP contribution >= 0.6 is 0 Å². The van der Waals surface area contributed by atoms with E-state index in [2.05, 4.69) is 5.43 Å². The molecule has 1 atom stereocenters. The third-order valence-electron chi connectivity index (χ3n) is 2.77. The zero-order chi connectivity index (χ0) is 14.1. The maximum Gasteiger partial charge on any atom is 0.169 e. The number of ether oxygens (including phenoxy) is 3. The number of nitrogens with two attached hydrogens (primary N) is 1. The Morgan fingerprint density at radius 2 is 2.05 bits per heavy atom. The van der Waals surface area contributed by atoms with E-state index in [0.29, 0.717) is 31.8 Å². The Bertz CT molecular complexity index is 377. The molecule has 1 unspecified atom stereocenters. The SMILES string of the molecule is COCCOCCC(NN)c1cccc(OC)c1F. The molecule has 0 spiro atoms. The fourth-order valence-corrected chi connectivity index (χ4v) is 1.73. The summed E-state index contributed by atoms with van der Waals surface area (Å²) >= 11 is 0. The molecule has 0 aliphatic heterocycles. The Kier molecular flexibility index (Phi) is 7.35. The number of hydrogen-bond acceptors (Lipinski definition) is 5. The Hall–Kier alpha value is -1.21. The fraction of sp³-hybridized carbons (Fsp3) is 0.538. The van der Waals surface area contributed by atoms with Crippen molar-refractivity contribution in [3.8, 4) is 5.75 Å². The third-order valence-corrected chi connectivity index (χ3v) is 2.77. The van der Waals surface area contributed by atoms with Gasteiger partial charge >= 0.3 is 0 Å². The lowest BCUT2D eigenvalue weighted by Crippen LogP contribution is -2.29. The van der Waals surface area contributed by atoms with Crippen LogP contribution in [-0.2, 0) is 9.47 Å². The topological polar surface area (TPSA) is 65.7 Å². The van der Waals surface area contributed by atoms with Crippen LogP contribution in [0.2, 0.25) is 0 Å². The van der Waals surface area contributed by atoms with Crippen molar-refractivity contribution in [1.29, 1.82) is 0 Å². The van der Waals surface area contributed by atoms with Crippen LogP contribution in [-0.4, -0.2) is 34.0 Å².